The molecule has 1 spiro atoms. The standard InChI is InChI=1S/C38H52O4/c1-26-20-21-29(25-28-17-10-11-18-30(28)36(26,7)41-32(39)34(2,3)4)35(5,6)33(40)42-37(8)31-19-12-9-15-27(31)16-13-14-22-38(37)23-24-38/h9-12,15,17-19,26,29H,13-14,16,20-25H2,1-8H3. The molecule has 0 aliphatic heterocycles. The molecule has 4 heteroatoms. The first-order valence-electron chi connectivity index (χ1n) is 16.3. The second kappa shape index (κ2) is 10.8. The van der Waals surface area contributed by atoms with Gasteiger partial charge in [-0.15, -0.1) is 0 Å². The fourth-order valence-corrected chi connectivity index (χ4v) is 7.69. The molecular weight excluding hydrogens is 520 g/mol. The largest absolute Gasteiger partial charge is 0.454 e. The lowest BCUT2D eigenvalue weighted by atomic mass is 9.66. The summed E-state index contributed by atoms with van der Waals surface area (Å²) in [5.74, 6) is -0.0954. The smallest absolute Gasteiger partial charge is 0.312 e. The van der Waals surface area contributed by atoms with Crippen LogP contribution < -0.4 is 0 Å². The number of carbonyl (C=O) groups is 2. The first-order chi connectivity index (χ1) is 19.6. The van der Waals surface area contributed by atoms with Gasteiger partial charge in [0.1, 0.15) is 11.2 Å². The van der Waals surface area contributed by atoms with Crippen LogP contribution in [0.25, 0.3) is 0 Å². The Morgan fingerprint density at radius 1 is 0.762 bits per heavy atom. The van der Waals surface area contributed by atoms with E-state index < -0.39 is 22.0 Å². The van der Waals surface area contributed by atoms with Crippen molar-refractivity contribution < 1.29 is 19.1 Å². The zero-order valence-corrected chi connectivity index (χ0v) is 27.3. The third kappa shape index (κ3) is 5.33. The van der Waals surface area contributed by atoms with Crippen molar-refractivity contribution in [2.45, 2.75) is 124 Å². The molecule has 3 aliphatic carbocycles. The molecule has 2 aromatic rings. The van der Waals surface area contributed by atoms with Gasteiger partial charge in [0.2, 0.25) is 0 Å². The molecule has 228 valence electrons. The highest BCUT2D eigenvalue weighted by Gasteiger charge is 2.61. The fraction of sp³-hybridized carbons (Fsp3) is 0.632. The maximum Gasteiger partial charge on any atom is 0.312 e. The highest BCUT2D eigenvalue weighted by Crippen LogP contribution is 2.64. The molecule has 4 atom stereocenters. The Morgan fingerprint density at radius 2 is 1.38 bits per heavy atom. The molecule has 0 N–H and O–H groups in total. The minimum Gasteiger partial charge on any atom is -0.454 e. The summed E-state index contributed by atoms with van der Waals surface area (Å²) >= 11 is 0. The van der Waals surface area contributed by atoms with Crippen LogP contribution in [-0.4, -0.2) is 11.9 Å². The lowest BCUT2D eigenvalue weighted by Crippen LogP contribution is -2.47. The van der Waals surface area contributed by atoms with Crippen molar-refractivity contribution >= 4 is 11.9 Å². The quantitative estimate of drug-likeness (QED) is 0.343. The highest BCUT2D eigenvalue weighted by molar-refractivity contribution is 5.77. The summed E-state index contributed by atoms with van der Waals surface area (Å²) in [4.78, 5) is 27.6. The second-order valence-electron chi connectivity index (χ2n) is 15.6. The van der Waals surface area contributed by atoms with Gasteiger partial charge in [0.15, 0.2) is 0 Å². The summed E-state index contributed by atoms with van der Waals surface area (Å²) in [7, 11) is 0. The first kappa shape index (κ1) is 30.8. The number of esters is 2. The van der Waals surface area contributed by atoms with Gasteiger partial charge in [-0.3, -0.25) is 9.59 Å². The molecule has 5 rings (SSSR count). The summed E-state index contributed by atoms with van der Waals surface area (Å²) in [5.41, 5.74) is 2.17. The van der Waals surface area contributed by atoms with Crippen molar-refractivity contribution in [3.8, 4) is 0 Å². The van der Waals surface area contributed by atoms with E-state index in [0.29, 0.717) is 0 Å². The van der Waals surface area contributed by atoms with Crippen LogP contribution in [0, 0.1) is 28.1 Å². The number of ether oxygens (including phenoxy) is 2. The summed E-state index contributed by atoms with van der Waals surface area (Å²) in [6.07, 6.45) is 9.22. The SMILES string of the molecule is CC1CCC(C(C)(C)C(=O)OC2(C)c3ccccc3CCCCC23CC3)Cc2ccccc2C1(C)OC(=O)C(C)(C)C. The predicted octanol–water partition coefficient (Wildman–Crippen LogP) is 9.07. The zero-order valence-electron chi connectivity index (χ0n) is 27.3. The molecule has 0 bridgehead atoms. The lowest BCUT2D eigenvalue weighted by Gasteiger charge is -2.45. The Kier molecular flexibility index (Phi) is 7.95. The molecule has 3 aliphatic rings. The van der Waals surface area contributed by atoms with Crippen LogP contribution in [0.4, 0.5) is 0 Å². The number of fused-ring (bicyclic) bond motifs is 2. The number of hydrogen-bond acceptors (Lipinski definition) is 4. The summed E-state index contributed by atoms with van der Waals surface area (Å²) in [6.45, 7) is 16.3. The third-order valence-electron chi connectivity index (χ3n) is 11.4. The molecule has 2 aromatic carbocycles. The van der Waals surface area contributed by atoms with Gasteiger partial charge >= 0.3 is 11.9 Å². The Labute approximate surface area is 254 Å². The maximum absolute atomic E-state index is 14.4. The van der Waals surface area contributed by atoms with E-state index >= 15 is 0 Å². The van der Waals surface area contributed by atoms with E-state index in [-0.39, 0.29) is 29.2 Å². The van der Waals surface area contributed by atoms with E-state index in [9.17, 15) is 9.59 Å². The lowest BCUT2D eigenvalue weighted by molar-refractivity contribution is -0.184. The molecule has 42 heavy (non-hydrogen) atoms. The molecule has 0 aromatic heterocycles. The molecule has 0 saturated heterocycles. The molecule has 1 saturated carbocycles. The average molecular weight is 573 g/mol. The third-order valence-corrected chi connectivity index (χ3v) is 11.4. The van der Waals surface area contributed by atoms with Gasteiger partial charge in [-0.2, -0.15) is 0 Å². The van der Waals surface area contributed by atoms with Crippen molar-refractivity contribution in [3.05, 3.63) is 70.8 Å². The fourth-order valence-electron chi connectivity index (χ4n) is 7.69. The van der Waals surface area contributed by atoms with Gasteiger partial charge in [-0.1, -0.05) is 61.9 Å². The monoisotopic (exact) mass is 572 g/mol. The first-order valence-corrected chi connectivity index (χ1v) is 16.3. The van der Waals surface area contributed by atoms with Crippen molar-refractivity contribution in [2.75, 3.05) is 0 Å². The zero-order chi connectivity index (χ0) is 30.6. The topological polar surface area (TPSA) is 52.6 Å². The van der Waals surface area contributed by atoms with E-state index in [1.54, 1.807) is 0 Å². The molecule has 0 heterocycles. The molecule has 4 unspecified atom stereocenters. The molecule has 4 nitrogen and oxygen atoms in total. The van der Waals surface area contributed by atoms with Crippen LogP contribution in [0.15, 0.2) is 48.5 Å². The maximum atomic E-state index is 14.4. The van der Waals surface area contributed by atoms with E-state index in [2.05, 4.69) is 77.1 Å². The van der Waals surface area contributed by atoms with Crippen LogP contribution >= 0.6 is 0 Å². The van der Waals surface area contributed by atoms with Crippen LogP contribution in [0.1, 0.15) is 123 Å². The van der Waals surface area contributed by atoms with Gasteiger partial charge in [-0.25, -0.2) is 0 Å². The number of benzene rings is 2. The average Bonchev–Trinajstić information content (AvgIpc) is 3.73. The van der Waals surface area contributed by atoms with E-state index in [4.69, 9.17) is 9.47 Å². The van der Waals surface area contributed by atoms with Crippen LogP contribution in [0.5, 0.6) is 0 Å². The van der Waals surface area contributed by atoms with Gasteiger partial charge in [0, 0.05) is 11.3 Å². The number of hydrogen-bond donors (Lipinski definition) is 0. The van der Waals surface area contributed by atoms with Crippen molar-refractivity contribution in [1.82, 2.24) is 0 Å². The van der Waals surface area contributed by atoms with Crippen LogP contribution in [0.2, 0.25) is 0 Å². The summed E-state index contributed by atoms with van der Waals surface area (Å²) in [5, 5.41) is 0. The second-order valence-corrected chi connectivity index (χ2v) is 15.6. The van der Waals surface area contributed by atoms with Gasteiger partial charge in [0.05, 0.1) is 10.8 Å². The van der Waals surface area contributed by atoms with Crippen molar-refractivity contribution in [2.24, 2.45) is 28.1 Å². The number of rotatable bonds is 4. The minimum atomic E-state index is -0.731. The molecule has 0 amide bonds. The highest BCUT2D eigenvalue weighted by atomic mass is 16.6. The number of carbonyl (C=O) groups excluding carboxylic acids is 2. The van der Waals surface area contributed by atoms with E-state index in [1.807, 2.05) is 26.8 Å². The predicted molar refractivity (Wildman–Crippen MR) is 168 cm³/mol. The van der Waals surface area contributed by atoms with Crippen LogP contribution in [0.3, 0.4) is 0 Å². The van der Waals surface area contributed by atoms with Gasteiger partial charge in [0.25, 0.3) is 0 Å². The number of aryl methyl sites for hydroxylation is 1. The Balaban J connectivity index is 1.46. The van der Waals surface area contributed by atoms with Crippen molar-refractivity contribution in [1.29, 1.82) is 0 Å². The van der Waals surface area contributed by atoms with Gasteiger partial charge in [-0.05, 0) is 128 Å². The van der Waals surface area contributed by atoms with E-state index in [1.165, 1.54) is 24.0 Å². The summed E-state index contributed by atoms with van der Waals surface area (Å²) in [6, 6.07) is 17.0. The Morgan fingerprint density at radius 3 is 2.02 bits per heavy atom. The molecule has 0 radical (unpaired) electrons. The van der Waals surface area contributed by atoms with Crippen LogP contribution in [-0.2, 0) is 43.1 Å². The van der Waals surface area contributed by atoms with E-state index in [0.717, 1.165) is 56.1 Å². The Hall–Kier alpha value is -2.62. The Bertz CT molecular complexity index is 1330. The van der Waals surface area contributed by atoms with Crippen molar-refractivity contribution in [3.63, 3.8) is 0 Å². The molecule has 1 fully saturated rings. The molecular formula is C38H52O4. The minimum absolute atomic E-state index is 0.0378. The normalized spacial score (nSPS) is 29.1. The summed E-state index contributed by atoms with van der Waals surface area (Å²) < 4.78 is 13.2. The van der Waals surface area contributed by atoms with Gasteiger partial charge < -0.3 is 9.47 Å².